The van der Waals surface area contributed by atoms with Gasteiger partial charge in [-0.05, 0) is 39.3 Å². The molecule has 0 saturated carbocycles. The van der Waals surface area contributed by atoms with E-state index in [9.17, 15) is 13.2 Å². The van der Waals surface area contributed by atoms with Gasteiger partial charge in [0.2, 0.25) is 15.9 Å². The number of nitrogens with zero attached hydrogens (tertiary/aromatic N) is 1. The summed E-state index contributed by atoms with van der Waals surface area (Å²) in [4.78, 5) is 12.4. The molecule has 0 radical (unpaired) electrons. The fraction of sp³-hybridized carbons (Fsp3) is 0.533. The summed E-state index contributed by atoms with van der Waals surface area (Å²) in [5.74, 6) is -0.292. The molecule has 21 heavy (non-hydrogen) atoms. The van der Waals surface area contributed by atoms with Crippen molar-refractivity contribution in [1.82, 2.24) is 5.32 Å². The molecule has 1 aromatic rings. The van der Waals surface area contributed by atoms with Gasteiger partial charge >= 0.3 is 0 Å². The molecule has 0 aliphatic rings. The molecule has 1 atom stereocenters. The maximum atomic E-state index is 12.4. The summed E-state index contributed by atoms with van der Waals surface area (Å²) < 4.78 is 25.5. The van der Waals surface area contributed by atoms with Gasteiger partial charge in [-0.25, -0.2) is 8.42 Å². The molecule has 0 fully saturated rings. The molecule has 5 nitrogen and oxygen atoms in total. The highest BCUT2D eigenvalue weighted by molar-refractivity contribution is 7.92. The average Bonchev–Trinajstić information content (AvgIpc) is 2.32. The van der Waals surface area contributed by atoms with Gasteiger partial charge in [-0.3, -0.25) is 9.10 Å². The largest absolute Gasteiger partial charge is 0.350 e. The van der Waals surface area contributed by atoms with Crippen molar-refractivity contribution >= 4 is 21.6 Å². The van der Waals surface area contributed by atoms with Crippen molar-refractivity contribution < 1.29 is 13.2 Å². The highest BCUT2D eigenvalue weighted by atomic mass is 32.2. The SMILES string of the molecule is CC[C@H](C(=O)NC(C)(C)C)N(c1ccccc1)S(C)(=O)=O. The van der Waals surface area contributed by atoms with Crippen LogP contribution in [0.15, 0.2) is 30.3 Å². The summed E-state index contributed by atoms with van der Waals surface area (Å²) in [6.07, 6.45) is 1.51. The second-order valence-electron chi connectivity index (χ2n) is 6.06. The Hall–Kier alpha value is -1.56. The molecule has 6 heteroatoms. The highest BCUT2D eigenvalue weighted by Gasteiger charge is 2.32. The van der Waals surface area contributed by atoms with E-state index in [0.717, 1.165) is 6.26 Å². The van der Waals surface area contributed by atoms with Crippen LogP contribution in [-0.2, 0) is 14.8 Å². The predicted molar refractivity (Wildman–Crippen MR) is 85.7 cm³/mol. The smallest absolute Gasteiger partial charge is 0.244 e. The number of benzene rings is 1. The van der Waals surface area contributed by atoms with Crippen molar-refractivity contribution in [3.63, 3.8) is 0 Å². The van der Waals surface area contributed by atoms with E-state index < -0.39 is 21.6 Å². The monoisotopic (exact) mass is 312 g/mol. The quantitative estimate of drug-likeness (QED) is 0.906. The van der Waals surface area contributed by atoms with Crippen LogP contribution in [0.25, 0.3) is 0 Å². The molecule has 0 aromatic heterocycles. The Labute approximate surface area is 127 Å². The second-order valence-corrected chi connectivity index (χ2v) is 7.92. The molecule has 0 aliphatic heterocycles. The number of rotatable bonds is 5. The molecule has 1 rings (SSSR count). The van der Waals surface area contributed by atoms with Crippen LogP contribution < -0.4 is 9.62 Å². The zero-order valence-corrected chi connectivity index (χ0v) is 14.1. The lowest BCUT2D eigenvalue weighted by Gasteiger charge is -2.32. The molecule has 1 amide bonds. The lowest BCUT2D eigenvalue weighted by atomic mass is 10.1. The first-order valence-corrected chi connectivity index (χ1v) is 8.77. The Kier molecular flexibility index (Phi) is 5.39. The number of hydrogen-bond acceptors (Lipinski definition) is 3. The Morgan fingerprint density at radius 1 is 1.24 bits per heavy atom. The first kappa shape index (κ1) is 17.5. The summed E-state index contributed by atoms with van der Waals surface area (Å²) in [5, 5.41) is 2.85. The topological polar surface area (TPSA) is 66.5 Å². The van der Waals surface area contributed by atoms with Crippen LogP contribution in [0.3, 0.4) is 0 Å². The number of nitrogens with one attached hydrogen (secondary N) is 1. The molecule has 0 unspecified atom stereocenters. The first-order valence-electron chi connectivity index (χ1n) is 6.92. The Morgan fingerprint density at radius 3 is 2.14 bits per heavy atom. The summed E-state index contributed by atoms with van der Waals surface area (Å²) in [7, 11) is -3.56. The zero-order valence-electron chi connectivity index (χ0n) is 13.3. The van der Waals surface area contributed by atoms with Gasteiger partial charge in [0.15, 0.2) is 0 Å². The number of para-hydroxylation sites is 1. The molecule has 0 heterocycles. The molecular weight excluding hydrogens is 288 g/mol. The molecule has 1 aromatic carbocycles. The van der Waals surface area contributed by atoms with Gasteiger partial charge in [0.05, 0.1) is 11.9 Å². The van der Waals surface area contributed by atoms with Gasteiger partial charge < -0.3 is 5.32 Å². The number of carbonyl (C=O) groups is 1. The fourth-order valence-corrected chi connectivity index (χ4v) is 3.30. The van der Waals surface area contributed by atoms with Crippen molar-refractivity contribution in [3.8, 4) is 0 Å². The van der Waals surface area contributed by atoms with Crippen LogP contribution >= 0.6 is 0 Å². The summed E-state index contributed by atoms with van der Waals surface area (Å²) in [5.41, 5.74) is 0.0839. The molecule has 0 saturated heterocycles. The van der Waals surface area contributed by atoms with Gasteiger partial charge in [-0.2, -0.15) is 0 Å². The van der Waals surface area contributed by atoms with Gasteiger partial charge in [-0.15, -0.1) is 0 Å². The van der Waals surface area contributed by atoms with Gasteiger partial charge in [0.25, 0.3) is 0 Å². The lowest BCUT2D eigenvalue weighted by Crippen LogP contribution is -2.53. The normalized spacial score (nSPS) is 13.6. The van der Waals surface area contributed by atoms with Gasteiger partial charge in [0, 0.05) is 5.54 Å². The Balaban J connectivity index is 3.21. The van der Waals surface area contributed by atoms with E-state index >= 15 is 0 Å². The van der Waals surface area contributed by atoms with Crippen LogP contribution in [0, 0.1) is 0 Å². The minimum absolute atomic E-state index is 0.292. The third-order valence-corrected chi connectivity index (χ3v) is 4.02. The maximum absolute atomic E-state index is 12.4. The third kappa shape index (κ3) is 5.04. The Bertz CT molecular complexity index is 577. The standard InChI is InChI=1S/C15H24N2O3S/c1-6-13(14(18)16-15(2,3)4)17(21(5,19)20)12-10-8-7-9-11-12/h7-11,13H,6H2,1-5H3,(H,16,18)/t13-/m1/s1. The van der Waals surface area contributed by atoms with Gasteiger partial charge in [-0.1, -0.05) is 25.1 Å². The van der Waals surface area contributed by atoms with Crippen LogP contribution in [0.4, 0.5) is 5.69 Å². The fourth-order valence-electron chi connectivity index (χ4n) is 2.09. The highest BCUT2D eigenvalue weighted by Crippen LogP contribution is 2.22. The van der Waals surface area contributed by atoms with E-state index in [2.05, 4.69) is 5.32 Å². The van der Waals surface area contributed by atoms with Crippen molar-refractivity contribution in [3.05, 3.63) is 30.3 Å². The third-order valence-electron chi connectivity index (χ3n) is 2.84. The number of sulfonamides is 1. The first-order chi connectivity index (χ1) is 9.56. The zero-order chi connectivity index (χ0) is 16.3. The minimum Gasteiger partial charge on any atom is -0.350 e. The predicted octanol–water partition coefficient (Wildman–Crippen LogP) is 2.15. The van der Waals surface area contributed by atoms with Crippen molar-refractivity contribution in [2.75, 3.05) is 10.6 Å². The molecule has 0 spiro atoms. The van der Waals surface area contributed by atoms with Crippen molar-refractivity contribution in [2.24, 2.45) is 0 Å². The van der Waals surface area contributed by atoms with E-state index in [1.165, 1.54) is 4.31 Å². The van der Waals surface area contributed by atoms with Gasteiger partial charge in [0.1, 0.15) is 6.04 Å². The second kappa shape index (κ2) is 6.47. The number of amides is 1. The molecule has 0 bridgehead atoms. The Morgan fingerprint density at radius 2 is 1.76 bits per heavy atom. The molecule has 118 valence electrons. The van der Waals surface area contributed by atoms with E-state index in [0.29, 0.717) is 12.1 Å². The van der Waals surface area contributed by atoms with E-state index in [1.54, 1.807) is 37.3 Å². The number of hydrogen-bond donors (Lipinski definition) is 1. The van der Waals surface area contributed by atoms with Crippen LogP contribution in [0.5, 0.6) is 0 Å². The van der Waals surface area contributed by atoms with E-state index in [1.807, 2.05) is 20.8 Å². The molecule has 1 N–H and O–H groups in total. The van der Waals surface area contributed by atoms with Crippen LogP contribution in [0.2, 0.25) is 0 Å². The van der Waals surface area contributed by atoms with E-state index in [4.69, 9.17) is 0 Å². The molecule has 0 aliphatic carbocycles. The lowest BCUT2D eigenvalue weighted by molar-refractivity contribution is -0.123. The summed E-state index contributed by atoms with van der Waals surface area (Å²) in [6, 6.07) is 7.92. The summed E-state index contributed by atoms with van der Waals surface area (Å²) >= 11 is 0. The molecular formula is C15H24N2O3S. The number of carbonyl (C=O) groups excluding carboxylic acids is 1. The van der Waals surface area contributed by atoms with Crippen molar-refractivity contribution in [2.45, 2.75) is 45.7 Å². The van der Waals surface area contributed by atoms with Crippen molar-refractivity contribution in [1.29, 1.82) is 0 Å². The van der Waals surface area contributed by atoms with Crippen LogP contribution in [-0.4, -0.2) is 32.2 Å². The van der Waals surface area contributed by atoms with Crippen LogP contribution in [0.1, 0.15) is 34.1 Å². The average molecular weight is 312 g/mol. The summed E-state index contributed by atoms with van der Waals surface area (Å²) in [6.45, 7) is 7.40. The minimum atomic E-state index is -3.56. The van der Waals surface area contributed by atoms with E-state index in [-0.39, 0.29) is 5.91 Å². The number of anilines is 1. The maximum Gasteiger partial charge on any atom is 0.244 e.